The van der Waals surface area contributed by atoms with Crippen molar-refractivity contribution in [2.75, 3.05) is 0 Å². The number of nitrogens with zero attached hydrogens (tertiary/aromatic N) is 1. The van der Waals surface area contributed by atoms with Crippen molar-refractivity contribution in [3.63, 3.8) is 0 Å². The van der Waals surface area contributed by atoms with Crippen LogP contribution in [0.3, 0.4) is 0 Å². The van der Waals surface area contributed by atoms with E-state index in [0.717, 1.165) is 5.01 Å². The summed E-state index contributed by atoms with van der Waals surface area (Å²) >= 11 is 1.45. The minimum Gasteiger partial charge on any atom is -0.479 e. The number of hydrogen-bond acceptors (Lipinski definition) is 4. The summed E-state index contributed by atoms with van der Waals surface area (Å²) in [5, 5.41) is 20.8. The van der Waals surface area contributed by atoms with Gasteiger partial charge in [0.1, 0.15) is 0 Å². The van der Waals surface area contributed by atoms with Gasteiger partial charge >= 0.3 is 5.97 Å². The van der Waals surface area contributed by atoms with Crippen molar-refractivity contribution in [1.29, 1.82) is 0 Å². The van der Waals surface area contributed by atoms with Gasteiger partial charge in [-0.25, -0.2) is 9.78 Å². The zero-order valence-electron chi connectivity index (χ0n) is 8.31. The number of aliphatic hydroxyl groups is 1. The van der Waals surface area contributed by atoms with Crippen LogP contribution in [0.5, 0.6) is 0 Å². The summed E-state index contributed by atoms with van der Waals surface area (Å²) < 4.78 is 0. The fourth-order valence-corrected chi connectivity index (χ4v) is 1.90. The van der Waals surface area contributed by atoms with Gasteiger partial charge in [0.05, 0.1) is 10.7 Å². The van der Waals surface area contributed by atoms with Crippen LogP contribution in [0, 0.1) is 6.92 Å². The topological polar surface area (TPSA) is 70.4 Å². The summed E-state index contributed by atoms with van der Waals surface area (Å²) in [5.41, 5.74) is -0.230. The SMILES string of the molecule is Cc1nc(C(C)(C)C(O)C(=O)O)cs1. The Balaban J connectivity index is 3.01. The maximum atomic E-state index is 10.7. The second-order valence-corrected chi connectivity index (χ2v) is 4.78. The molecular formula is C9H13NO3S. The molecule has 0 saturated heterocycles. The summed E-state index contributed by atoms with van der Waals surface area (Å²) in [4.78, 5) is 14.8. The molecule has 0 amide bonds. The Labute approximate surface area is 86.2 Å². The van der Waals surface area contributed by atoms with Gasteiger partial charge < -0.3 is 10.2 Å². The molecule has 1 rings (SSSR count). The number of carbonyl (C=O) groups is 1. The summed E-state index contributed by atoms with van der Waals surface area (Å²) in [7, 11) is 0. The number of aliphatic hydroxyl groups excluding tert-OH is 1. The zero-order chi connectivity index (χ0) is 10.9. The van der Waals surface area contributed by atoms with Gasteiger partial charge in [-0.3, -0.25) is 0 Å². The average molecular weight is 215 g/mol. The smallest absolute Gasteiger partial charge is 0.333 e. The molecule has 1 heterocycles. The lowest BCUT2D eigenvalue weighted by Gasteiger charge is -2.25. The lowest BCUT2D eigenvalue weighted by molar-refractivity contribution is -0.150. The first-order valence-corrected chi connectivity index (χ1v) is 5.07. The molecule has 0 aliphatic rings. The van der Waals surface area contributed by atoms with Crippen molar-refractivity contribution >= 4 is 17.3 Å². The van der Waals surface area contributed by atoms with Gasteiger partial charge in [0.2, 0.25) is 0 Å². The number of aryl methyl sites for hydroxylation is 1. The van der Waals surface area contributed by atoms with Crippen LogP contribution in [-0.2, 0) is 10.2 Å². The van der Waals surface area contributed by atoms with Gasteiger partial charge in [-0.05, 0) is 6.92 Å². The van der Waals surface area contributed by atoms with E-state index in [-0.39, 0.29) is 0 Å². The van der Waals surface area contributed by atoms with E-state index < -0.39 is 17.5 Å². The van der Waals surface area contributed by atoms with Crippen LogP contribution in [-0.4, -0.2) is 27.3 Å². The summed E-state index contributed by atoms with van der Waals surface area (Å²) in [6, 6.07) is 0. The molecular weight excluding hydrogens is 202 g/mol. The lowest BCUT2D eigenvalue weighted by Crippen LogP contribution is -2.40. The van der Waals surface area contributed by atoms with E-state index in [1.54, 1.807) is 19.2 Å². The van der Waals surface area contributed by atoms with Crippen LogP contribution in [0.1, 0.15) is 24.5 Å². The standard InChI is InChI=1S/C9H13NO3S/c1-5-10-6(4-14-5)9(2,3)7(11)8(12)13/h4,7,11H,1-3H3,(H,12,13). The molecule has 5 heteroatoms. The normalized spacial score (nSPS) is 14.0. The molecule has 2 N–H and O–H groups in total. The minimum atomic E-state index is -1.43. The van der Waals surface area contributed by atoms with Crippen molar-refractivity contribution in [3.05, 3.63) is 16.1 Å². The second kappa shape index (κ2) is 3.67. The highest BCUT2D eigenvalue weighted by atomic mass is 32.1. The third-order valence-corrected chi connectivity index (χ3v) is 2.97. The van der Waals surface area contributed by atoms with E-state index in [1.807, 2.05) is 6.92 Å². The molecule has 0 spiro atoms. The molecule has 0 saturated carbocycles. The van der Waals surface area contributed by atoms with E-state index in [0.29, 0.717) is 5.69 Å². The molecule has 0 radical (unpaired) electrons. The molecule has 1 aromatic heterocycles. The third kappa shape index (κ3) is 1.93. The number of carboxylic acids is 1. The monoisotopic (exact) mass is 215 g/mol. The summed E-state index contributed by atoms with van der Waals surface area (Å²) in [6.45, 7) is 5.18. The van der Waals surface area contributed by atoms with Crippen LogP contribution < -0.4 is 0 Å². The molecule has 0 aliphatic carbocycles. The molecule has 14 heavy (non-hydrogen) atoms. The van der Waals surface area contributed by atoms with Gasteiger partial charge in [0.25, 0.3) is 0 Å². The van der Waals surface area contributed by atoms with Gasteiger partial charge in [-0.1, -0.05) is 13.8 Å². The first-order chi connectivity index (χ1) is 6.35. The summed E-state index contributed by atoms with van der Waals surface area (Å²) in [6.07, 6.45) is -1.43. The van der Waals surface area contributed by atoms with E-state index in [1.165, 1.54) is 11.3 Å². The Morgan fingerprint density at radius 2 is 2.21 bits per heavy atom. The number of hydrogen-bond donors (Lipinski definition) is 2. The zero-order valence-corrected chi connectivity index (χ0v) is 9.13. The van der Waals surface area contributed by atoms with Crippen LogP contribution in [0.15, 0.2) is 5.38 Å². The highest BCUT2D eigenvalue weighted by molar-refractivity contribution is 7.09. The summed E-state index contributed by atoms with van der Waals surface area (Å²) in [5.74, 6) is -1.22. The lowest BCUT2D eigenvalue weighted by atomic mass is 9.84. The van der Waals surface area contributed by atoms with Gasteiger partial charge in [0.15, 0.2) is 6.10 Å². The molecule has 1 unspecified atom stereocenters. The van der Waals surface area contributed by atoms with Crippen LogP contribution >= 0.6 is 11.3 Å². The van der Waals surface area contributed by atoms with E-state index in [2.05, 4.69) is 4.98 Å². The average Bonchev–Trinajstić information content (AvgIpc) is 2.50. The Hall–Kier alpha value is -0.940. The maximum Gasteiger partial charge on any atom is 0.333 e. The Morgan fingerprint density at radius 1 is 1.64 bits per heavy atom. The Kier molecular flexibility index (Phi) is 2.92. The van der Waals surface area contributed by atoms with E-state index in [9.17, 15) is 9.90 Å². The molecule has 0 aromatic carbocycles. The van der Waals surface area contributed by atoms with Crippen LogP contribution in [0.2, 0.25) is 0 Å². The largest absolute Gasteiger partial charge is 0.479 e. The van der Waals surface area contributed by atoms with Crippen LogP contribution in [0.25, 0.3) is 0 Å². The number of thiazole rings is 1. The first-order valence-electron chi connectivity index (χ1n) is 4.19. The van der Waals surface area contributed by atoms with Crippen LogP contribution in [0.4, 0.5) is 0 Å². The number of aromatic nitrogens is 1. The highest BCUT2D eigenvalue weighted by Gasteiger charge is 2.36. The highest BCUT2D eigenvalue weighted by Crippen LogP contribution is 2.28. The van der Waals surface area contributed by atoms with Gasteiger partial charge in [-0.15, -0.1) is 11.3 Å². The number of carboxylic acid groups (broad SMARTS) is 1. The maximum absolute atomic E-state index is 10.7. The Morgan fingerprint density at radius 3 is 2.57 bits per heavy atom. The minimum absolute atomic E-state index is 0.620. The van der Waals surface area contributed by atoms with Crippen molar-refractivity contribution in [1.82, 2.24) is 4.98 Å². The van der Waals surface area contributed by atoms with E-state index in [4.69, 9.17) is 5.11 Å². The van der Waals surface area contributed by atoms with Crippen molar-refractivity contribution < 1.29 is 15.0 Å². The predicted octanol–water partition coefficient (Wildman–Crippen LogP) is 1.17. The first kappa shape index (κ1) is 11.1. The Bertz CT molecular complexity index is 346. The molecule has 78 valence electrons. The van der Waals surface area contributed by atoms with Crippen molar-refractivity contribution in [2.45, 2.75) is 32.3 Å². The van der Waals surface area contributed by atoms with Gasteiger partial charge in [0, 0.05) is 10.8 Å². The molecule has 0 aliphatic heterocycles. The molecule has 1 aromatic rings. The fraction of sp³-hybridized carbons (Fsp3) is 0.556. The number of rotatable bonds is 3. The molecule has 1 atom stereocenters. The number of aliphatic carboxylic acids is 1. The van der Waals surface area contributed by atoms with Crippen molar-refractivity contribution in [3.8, 4) is 0 Å². The third-order valence-electron chi connectivity index (χ3n) is 2.20. The quantitative estimate of drug-likeness (QED) is 0.794. The predicted molar refractivity (Wildman–Crippen MR) is 53.5 cm³/mol. The second-order valence-electron chi connectivity index (χ2n) is 3.71. The van der Waals surface area contributed by atoms with Crippen molar-refractivity contribution in [2.24, 2.45) is 0 Å². The van der Waals surface area contributed by atoms with Gasteiger partial charge in [-0.2, -0.15) is 0 Å². The molecule has 4 nitrogen and oxygen atoms in total. The fourth-order valence-electron chi connectivity index (χ4n) is 1.11. The molecule has 0 fully saturated rings. The van der Waals surface area contributed by atoms with E-state index >= 15 is 0 Å². The molecule has 0 bridgehead atoms.